The van der Waals surface area contributed by atoms with Gasteiger partial charge in [-0.25, -0.2) is 4.79 Å². The van der Waals surface area contributed by atoms with Gasteiger partial charge in [-0.15, -0.1) is 0 Å². The summed E-state index contributed by atoms with van der Waals surface area (Å²) in [6.07, 6.45) is 1.45. The van der Waals surface area contributed by atoms with Crippen LogP contribution in [-0.2, 0) is 11.3 Å². The van der Waals surface area contributed by atoms with Crippen LogP contribution in [0.15, 0.2) is 54.6 Å². The average molecular weight is 441 g/mol. The molecule has 2 fully saturated rings. The van der Waals surface area contributed by atoms with E-state index in [4.69, 9.17) is 11.6 Å². The number of halogens is 1. The number of piperidine rings is 1. The van der Waals surface area contributed by atoms with E-state index in [2.05, 4.69) is 16.3 Å². The van der Waals surface area contributed by atoms with E-state index in [0.717, 1.165) is 56.3 Å². The number of benzene rings is 2. The van der Waals surface area contributed by atoms with E-state index in [-0.39, 0.29) is 17.9 Å². The molecule has 2 aliphatic heterocycles. The van der Waals surface area contributed by atoms with Gasteiger partial charge in [0, 0.05) is 62.4 Å². The molecule has 0 bridgehead atoms. The fraction of sp³-hybridized carbons (Fsp3) is 0.417. The van der Waals surface area contributed by atoms with Gasteiger partial charge in [-0.2, -0.15) is 0 Å². The molecule has 0 aromatic heterocycles. The smallest absolute Gasteiger partial charge is 0.321 e. The predicted molar refractivity (Wildman–Crippen MR) is 123 cm³/mol. The van der Waals surface area contributed by atoms with Crippen LogP contribution >= 0.6 is 11.6 Å². The molecule has 31 heavy (non-hydrogen) atoms. The molecule has 0 saturated carbocycles. The molecule has 0 atom stereocenters. The van der Waals surface area contributed by atoms with Gasteiger partial charge < -0.3 is 15.1 Å². The summed E-state index contributed by atoms with van der Waals surface area (Å²) in [6, 6.07) is 17.3. The molecule has 0 unspecified atom stereocenters. The predicted octanol–water partition coefficient (Wildman–Crippen LogP) is 3.93. The van der Waals surface area contributed by atoms with Gasteiger partial charge in [0.1, 0.15) is 0 Å². The van der Waals surface area contributed by atoms with Gasteiger partial charge in [-0.05, 0) is 42.7 Å². The second kappa shape index (κ2) is 10.2. The van der Waals surface area contributed by atoms with Crippen LogP contribution in [0.2, 0.25) is 5.02 Å². The third-order valence-electron chi connectivity index (χ3n) is 6.14. The average Bonchev–Trinajstić information content (AvgIpc) is 2.80. The van der Waals surface area contributed by atoms with E-state index >= 15 is 0 Å². The summed E-state index contributed by atoms with van der Waals surface area (Å²) in [5.74, 6) is 0.255. The van der Waals surface area contributed by atoms with Crippen molar-refractivity contribution in [2.75, 3.05) is 44.6 Å². The highest BCUT2D eigenvalue weighted by Gasteiger charge is 2.31. The number of likely N-dealkylation sites (tertiary alicyclic amines) is 1. The normalized spacial score (nSPS) is 18.1. The van der Waals surface area contributed by atoms with Gasteiger partial charge in [0.2, 0.25) is 5.91 Å². The number of carbonyl (C=O) groups is 2. The van der Waals surface area contributed by atoms with Crippen molar-refractivity contribution in [1.82, 2.24) is 14.7 Å². The van der Waals surface area contributed by atoms with E-state index in [1.54, 1.807) is 4.90 Å². The zero-order valence-electron chi connectivity index (χ0n) is 17.7. The Kier molecular flexibility index (Phi) is 7.10. The second-order valence-corrected chi connectivity index (χ2v) is 8.73. The Hall–Kier alpha value is -2.57. The molecule has 0 radical (unpaired) electrons. The first-order valence-corrected chi connectivity index (χ1v) is 11.3. The number of hydrogen-bond acceptors (Lipinski definition) is 3. The Labute approximate surface area is 188 Å². The number of urea groups is 1. The zero-order valence-corrected chi connectivity index (χ0v) is 18.4. The fourth-order valence-corrected chi connectivity index (χ4v) is 4.54. The third-order valence-corrected chi connectivity index (χ3v) is 6.37. The van der Waals surface area contributed by atoms with E-state index in [9.17, 15) is 9.59 Å². The second-order valence-electron chi connectivity index (χ2n) is 8.29. The van der Waals surface area contributed by atoms with E-state index in [1.807, 2.05) is 53.4 Å². The number of anilines is 1. The lowest BCUT2D eigenvalue weighted by molar-refractivity contribution is -0.138. The van der Waals surface area contributed by atoms with Gasteiger partial charge in [0.25, 0.3) is 0 Å². The Balaban J connectivity index is 1.21. The third kappa shape index (κ3) is 5.77. The Morgan fingerprint density at radius 2 is 1.58 bits per heavy atom. The lowest BCUT2D eigenvalue weighted by Gasteiger charge is -2.38. The number of carbonyl (C=O) groups excluding carboxylic acids is 2. The molecule has 2 aromatic rings. The zero-order chi connectivity index (χ0) is 21.6. The van der Waals surface area contributed by atoms with E-state index in [1.165, 1.54) is 5.56 Å². The maximum absolute atomic E-state index is 13.0. The fourth-order valence-electron chi connectivity index (χ4n) is 4.33. The first-order valence-electron chi connectivity index (χ1n) is 10.9. The van der Waals surface area contributed by atoms with Crippen LogP contribution in [0, 0.1) is 5.92 Å². The van der Waals surface area contributed by atoms with Gasteiger partial charge in [-0.3, -0.25) is 9.69 Å². The minimum Gasteiger partial charge on any atom is -0.340 e. The summed E-state index contributed by atoms with van der Waals surface area (Å²) in [7, 11) is 0. The molecule has 3 amide bonds. The molecular formula is C24H29ClN4O2. The molecule has 2 heterocycles. The standard InChI is InChI=1S/C24H29ClN4O2/c25-21-6-4-5-19(17-21)18-27-13-15-28(16-14-27)23(30)20-9-11-29(12-10-20)24(31)26-22-7-2-1-3-8-22/h1-8,17,20H,9-16,18H2,(H,26,31). The first kappa shape index (κ1) is 21.7. The summed E-state index contributed by atoms with van der Waals surface area (Å²) < 4.78 is 0. The number of para-hydroxylation sites is 1. The van der Waals surface area contributed by atoms with Crippen molar-refractivity contribution in [2.24, 2.45) is 5.92 Å². The number of nitrogens with one attached hydrogen (secondary N) is 1. The van der Waals surface area contributed by atoms with Crippen molar-refractivity contribution in [3.63, 3.8) is 0 Å². The number of rotatable bonds is 4. The number of hydrogen-bond donors (Lipinski definition) is 1. The molecule has 0 aliphatic carbocycles. The molecule has 6 nitrogen and oxygen atoms in total. The van der Waals surface area contributed by atoms with Crippen molar-refractivity contribution >= 4 is 29.2 Å². The lowest BCUT2D eigenvalue weighted by atomic mass is 9.95. The molecule has 2 aromatic carbocycles. The summed E-state index contributed by atoms with van der Waals surface area (Å²) in [6.45, 7) is 5.35. The van der Waals surface area contributed by atoms with Crippen molar-refractivity contribution in [3.8, 4) is 0 Å². The monoisotopic (exact) mass is 440 g/mol. The SMILES string of the molecule is O=C(Nc1ccccc1)N1CCC(C(=O)N2CCN(Cc3cccc(Cl)c3)CC2)CC1. The quantitative estimate of drug-likeness (QED) is 0.783. The maximum atomic E-state index is 13.0. The highest BCUT2D eigenvalue weighted by atomic mass is 35.5. The van der Waals surface area contributed by atoms with E-state index in [0.29, 0.717) is 13.1 Å². The van der Waals surface area contributed by atoms with Crippen molar-refractivity contribution in [2.45, 2.75) is 19.4 Å². The number of amides is 3. The summed E-state index contributed by atoms with van der Waals surface area (Å²) in [5, 5.41) is 3.68. The van der Waals surface area contributed by atoms with Crippen molar-refractivity contribution in [3.05, 3.63) is 65.2 Å². The van der Waals surface area contributed by atoms with Crippen LogP contribution < -0.4 is 5.32 Å². The van der Waals surface area contributed by atoms with Crippen LogP contribution in [-0.4, -0.2) is 65.9 Å². The largest absolute Gasteiger partial charge is 0.340 e. The Bertz CT molecular complexity index is 891. The van der Waals surface area contributed by atoms with Crippen LogP contribution in [0.4, 0.5) is 10.5 Å². The van der Waals surface area contributed by atoms with E-state index < -0.39 is 0 Å². The summed E-state index contributed by atoms with van der Waals surface area (Å²) in [5.41, 5.74) is 2.00. The van der Waals surface area contributed by atoms with Crippen LogP contribution in [0.3, 0.4) is 0 Å². The number of nitrogens with zero attached hydrogens (tertiary/aromatic N) is 3. The Morgan fingerprint density at radius 1 is 0.871 bits per heavy atom. The number of piperazine rings is 1. The van der Waals surface area contributed by atoms with Crippen LogP contribution in [0.25, 0.3) is 0 Å². The van der Waals surface area contributed by atoms with Crippen molar-refractivity contribution < 1.29 is 9.59 Å². The minimum atomic E-state index is -0.0910. The molecule has 1 N–H and O–H groups in total. The molecule has 164 valence electrons. The minimum absolute atomic E-state index is 0.0141. The van der Waals surface area contributed by atoms with Gasteiger partial charge in [0.15, 0.2) is 0 Å². The van der Waals surface area contributed by atoms with Crippen LogP contribution in [0.1, 0.15) is 18.4 Å². The highest BCUT2D eigenvalue weighted by molar-refractivity contribution is 6.30. The first-order chi connectivity index (χ1) is 15.1. The van der Waals surface area contributed by atoms with Gasteiger partial charge >= 0.3 is 6.03 Å². The van der Waals surface area contributed by atoms with Gasteiger partial charge in [0.05, 0.1) is 0 Å². The lowest BCUT2D eigenvalue weighted by Crippen LogP contribution is -2.51. The van der Waals surface area contributed by atoms with Crippen LogP contribution in [0.5, 0.6) is 0 Å². The highest BCUT2D eigenvalue weighted by Crippen LogP contribution is 2.22. The molecule has 2 saturated heterocycles. The summed E-state index contributed by atoms with van der Waals surface area (Å²) in [4.78, 5) is 31.6. The molecule has 4 rings (SSSR count). The Morgan fingerprint density at radius 3 is 2.26 bits per heavy atom. The maximum Gasteiger partial charge on any atom is 0.321 e. The molecule has 7 heteroatoms. The molecule has 2 aliphatic rings. The molecular weight excluding hydrogens is 412 g/mol. The summed E-state index contributed by atoms with van der Waals surface area (Å²) >= 11 is 6.08. The van der Waals surface area contributed by atoms with Crippen molar-refractivity contribution in [1.29, 1.82) is 0 Å². The van der Waals surface area contributed by atoms with Gasteiger partial charge in [-0.1, -0.05) is 41.9 Å². The topological polar surface area (TPSA) is 55.9 Å². The molecule has 0 spiro atoms.